The summed E-state index contributed by atoms with van der Waals surface area (Å²) in [5.41, 5.74) is 8.18. The maximum Gasteiger partial charge on any atom is 0.387 e. The highest BCUT2D eigenvalue weighted by atomic mass is 19.3. The third-order valence-electron chi connectivity index (χ3n) is 4.05. The van der Waals surface area contributed by atoms with Crippen LogP contribution < -0.4 is 15.2 Å². The van der Waals surface area contributed by atoms with Gasteiger partial charge in [-0.3, -0.25) is 0 Å². The fourth-order valence-corrected chi connectivity index (χ4v) is 2.81. The summed E-state index contributed by atoms with van der Waals surface area (Å²) < 4.78 is 39.7. The van der Waals surface area contributed by atoms with Crippen molar-refractivity contribution in [3.63, 3.8) is 0 Å². The van der Waals surface area contributed by atoms with Crippen molar-refractivity contribution in [3.05, 3.63) is 59.2 Å². The van der Waals surface area contributed by atoms with Gasteiger partial charge in [0.1, 0.15) is 17.6 Å². The van der Waals surface area contributed by atoms with Gasteiger partial charge in [0.2, 0.25) is 0 Å². The van der Waals surface area contributed by atoms with Crippen LogP contribution in [0.5, 0.6) is 11.5 Å². The van der Waals surface area contributed by atoms with Crippen LogP contribution in [0.4, 0.5) is 8.78 Å². The monoisotopic (exact) mass is 349 g/mol. The molecule has 1 aliphatic rings. The van der Waals surface area contributed by atoms with Crippen LogP contribution in [0.25, 0.3) is 0 Å². The average Bonchev–Trinajstić information content (AvgIpc) is 2.60. The highest BCUT2D eigenvalue weighted by molar-refractivity contribution is 5.89. The van der Waals surface area contributed by atoms with E-state index in [4.69, 9.17) is 10.5 Å². The predicted molar refractivity (Wildman–Crippen MR) is 85.8 cm³/mol. The van der Waals surface area contributed by atoms with E-state index >= 15 is 0 Å². The molecule has 0 saturated carbocycles. The van der Waals surface area contributed by atoms with Gasteiger partial charge >= 0.3 is 12.6 Å². The Morgan fingerprint density at radius 3 is 2.60 bits per heavy atom. The lowest BCUT2D eigenvalue weighted by Gasteiger charge is -2.31. The molecule has 132 valence electrons. The van der Waals surface area contributed by atoms with E-state index in [2.05, 4.69) is 9.47 Å². The van der Waals surface area contributed by atoms with E-state index in [0.717, 1.165) is 11.1 Å². The second-order valence-corrected chi connectivity index (χ2v) is 5.64. The topological polar surface area (TPSA) is 70.8 Å². The summed E-state index contributed by atoms with van der Waals surface area (Å²) in [4.78, 5) is 11.5. The molecule has 2 N–H and O–H groups in total. The van der Waals surface area contributed by atoms with Crippen LogP contribution >= 0.6 is 0 Å². The van der Waals surface area contributed by atoms with Crippen LogP contribution in [0, 0.1) is 0 Å². The zero-order chi connectivity index (χ0) is 18.0. The van der Waals surface area contributed by atoms with Crippen LogP contribution in [0.3, 0.4) is 0 Å². The van der Waals surface area contributed by atoms with Gasteiger partial charge in [-0.25, -0.2) is 4.79 Å². The number of hydrogen-bond donors (Lipinski definition) is 1. The summed E-state index contributed by atoms with van der Waals surface area (Å²) in [6.45, 7) is -2.91. The van der Waals surface area contributed by atoms with E-state index in [1.165, 1.54) is 19.2 Å². The van der Waals surface area contributed by atoms with Crippen LogP contribution in [-0.2, 0) is 4.74 Å². The Morgan fingerprint density at radius 2 is 1.96 bits per heavy atom. The number of halogens is 2. The molecule has 0 amide bonds. The van der Waals surface area contributed by atoms with Gasteiger partial charge in [0.15, 0.2) is 0 Å². The van der Waals surface area contributed by atoms with Crippen LogP contribution in [0.15, 0.2) is 42.5 Å². The van der Waals surface area contributed by atoms with E-state index in [9.17, 15) is 13.6 Å². The van der Waals surface area contributed by atoms with Crippen molar-refractivity contribution in [2.45, 2.75) is 25.2 Å². The number of alkyl halides is 2. The average molecular weight is 349 g/mol. The molecule has 3 rings (SSSR count). The second-order valence-electron chi connectivity index (χ2n) is 5.64. The van der Waals surface area contributed by atoms with Crippen LogP contribution in [0.1, 0.15) is 40.1 Å². The minimum Gasteiger partial charge on any atom is -0.485 e. The van der Waals surface area contributed by atoms with E-state index in [-0.39, 0.29) is 17.9 Å². The number of nitrogens with two attached hydrogens (primary N) is 1. The Balaban J connectivity index is 1.83. The van der Waals surface area contributed by atoms with Crippen molar-refractivity contribution in [2.24, 2.45) is 5.73 Å². The highest BCUT2D eigenvalue weighted by Crippen LogP contribution is 2.41. The summed E-state index contributed by atoms with van der Waals surface area (Å²) in [5.74, 6) is 0.00790. The van der Waals surface area contributed by atoms with Crippen molar-refractivity contribution >= 4 is 5.97 Å². The molecule has 2 atom stereocenters. The highest BCUT2D eigenvalue weighted by Gasteiger charge is 2.28. The van der Waals surface area contributed by atoms with Crippen LogP contribution in [0.2, 0.25) is 0 Å². The summed E-state index contributed by atoms with van der Waals surface area (Å²) in [7, 11) is 1.31. The number of esters is 1. The summed E-state index contributed by atoms with van der Waals surface area (Å²) in [5, 5.41) is 0. The number of rotatable bonds is 4. The number of hydrogen-bond acceptors (Lipinski definition) is 5. The Kier molecular flexibility index (Phi) is 4.85. The molecule has 2 aromatic carbocycles. The first-order chi connectivity index (χ1) is 12.0. The molecule has 0 aromatic heterocycles. The van der Waals surface area contributed by atoms with Crippen molar-refractivity contribution in [2.75, 3.05) is 7.11 Å². The molecule has 25 heavy (non-hydrogen) atoms. The molecule has 0 radical (unpaired) electrons. The fourth-order valence-electron chi connectivity index (χ4n) is 2.81. The van der Waals surface area contributed by atoms with Gasteiger partial charge in [-0.1, -0.05) is 18.2 Å². The molecule has 0 unspecified atom stereocenters. The van der Waals surface area contributed by atoms with E-state index < -0.39 is 12.6 Å². The minimum atomic E-state index is -2.91. The molecule has 0 fully saturated rings. The molecule has 2 aromatic rings. The molecule has 1 heterocycles. The quantitative estimate of drug-likeness (QED) is 0.854. The maximum atomic E-state index is 12.4. The zero-order valence-corrected chi connectivity index (χ0v) is 13.4. The lowest BCUT2D eigenvalue weighted by Crippen LogP contribution is -2.24. The van der Waals surface area contributed by atoms with E-state index in [0.29, 0.717) is 17.7 Å². The van der Waals surface area contributed by atoms with Gasteiger partial charge < -0.3 is 19.9 Å². The first kappa shape index (κ1) is 17.2. The Hall–Kier alpha value is -2.67. The number of carbonyl (C=O) groups is 1. The number of benzene rings is 2. The van der Waals surface area contributed by atoms with Crippen molar-refractivity contribution in [1.29, 1.82) is 0 Å². The van der Waals surface area contributed by atoms with Crippen LogP contribution in [-0.4, -0.2) is 19.7 Å². The molecule has 1 aliphatic heterocycles. The number of fused-ring (bicyclic) bond motifs is 1. The number of carbonyl (C=O) groups excluding carboxylic acids is 1. The van der Waals surface area contributed by atoms with Gasteiger partial charge in [0.05, 0.1) is 12.7 Å². The van der Waals surface area contributed by atoms with E-state index in [1.54, 1.807) is 30.3 Å². The predicted octanol–water partition coefficient (Wildman–Crippen LogP) is 3.60. The molecule has 7 heteroatoms. The van der Waals surface area contributed by atoms with Gasteiger partial charge in [-0.15, -0.1) is 0 Å². The first-order valence-electron chi connectivity index (χ1n) is 7.67. The molecule has 0 aliphatic carbocycles. The SMILES string of the molecule is COC(=O)c1ccc([C@H]2C[C@@H](N)c3ccc(OC(F)F)cc3O2)cc1. The molecule has 0 spiro atoms. The largest absolute Gasteiger partial charge is 0.485 e. The molecule has 0 saturated heterocycles. The summed E-state index contributed by atoms with van der Waals surface area (Å²) >= 11 is 0. The second kappa shape index (κ2) is 7.06. The van der Waals surface area contributed by atoms with Gasteiger partial charge in [-0.2, -0.15) is 8.78 Å². The maximum absolute atomic E-state index is 12.4. The smallest absolute Gasteiger partial charge is 0.387 e. The zero-order valence-electron chi connectivity index (χ0n) is 13.4. The van der Waals surface area contributed by atoms with Gasteiger partial charge in [0.25, 0.3) is 0 Å². The lowest BCUT2D eigenvalue weighted by molar-refractivity contribution is -0.0500. The number of methoxy groups -OCH3 is 1. The van der Waals surface area contributed by atoms with Crippen molar-refractivity contribution in [3.8, 4) is 11.5 Å². The Bertz CT molecular complexity index is 764. The normalized spacial score (nSPS) is 19.1. The van der Waals surface area contributed by atoms with Crippen molar-refractivity contribution in [1.82, 2.24) is 0 Å². The fraction of sp³-hybridized carbons (Fsp3) is 0.278. The first-order valence-corrected chi connectivity index (χ1v) is 7.67. The Labute approximate surface area is 143 Å². The summed E-state index contributed by atoms with van der Waals surface area (Å²) in [6, 6.07) is 11.0. The molecule has 5 nitrogen and oxygen atoms in total. The third-order valence-corrected chi connectivity index (χ3v) is 4.05. The van der Waals surface area contributed by atoms with Crippen molar-refractivity contribution < 1.29 is 27.8 Å². The molecule has 0 bridgehead atoms. The van der Waals surface area contributed by atoms with Gasteiger partial charge in [-0.05, 0) is 23.8 Å². The minimum absolute atomic E-state index is 0.0163. The lowest BCUT2D eigenvalue weighted by atomic mass is 9.93. The Morgan fingerprint density at radius 1 is 1.24 bits per heavy atom. The van der Waals surface area contributed by atoms with E-state index in [1.807, 2.05) is 0 Å². The standard InChI is InChI=1S/C18H17F2NO4/c1-23-17(22)11-4-2-10(3-5-11)15-9-14(21)13-7-6-12(24-18(19)20)8-16(13)25-15/h2-8,14-15,18H,9,21H2,1H3/t14-,15-/m1/s1. The molecular formula is C18H17F2NO4. The van der Waals surface area contributed by atoms with Gasteiger partial charge in [0, 0.05) is 24.1 Å². The third kappa shape index (κ3) is 3.71. The molecular weight excluding hydrogens is 332 g/mol. The number of ether oxygens (including phenoxy) is 3. The summed E-state index contributed by atoms with van der Waals surface area (Å²) in [6.07, 6.45) is 0.176.